The van der Waals surface area contributed by atoms with Crippen molar-refractivity contribution in [1.82, 2.24) is 14.5 Å². The fraction of sp³-hybridized carbons (Fsp3) is 0.435. The molecule has 2 fully saturated rings. The molecular weight excluding hydrogens is 350 g/mol. The minimum absolute atomic E-state index is 0.431. The van der Waals surface area contributed by atoms with E-state index in [-0.39, 0.29) is 0 Å². The number of pyridine rings is 1. The zero-order chi connectivity index (χ0) is 18.6. The van der Waals surface area contributed by atoms with Crippen LogP contribution >= 0.6 is 0 Å². The van der Waals surface area contributed by atoms with Crippen molar-refractivity contribution >= 4 is 5.52 Å². The van der Waals surface area contributed by atoms with E-state index in [1.165, 1.54) is 19.3 Å². The zero-order valence-electron chi connectivity index (χ0n) is 16.0. The number of aromatic nitrogens is 2. The lowest BCUT2D eigenvalue weighted by molar-refractivity contribution is -0.231. The molecule has 0 unspecified atom stereocenters. The first-order chi connectivity index (χ1) is 13.8. The molecule has 1 spiro atoms. The number of rotatable bonds is 2. The second-order valence-corrected chi connectivity index (χ2v) is 8.33. The lowest BCUT2D eigenvalue weighted by Crippen LogP contribution is -2.54. The normalized spacial score (nSPS) is 22.0. The van der Waals surface area contributed by atoms with Crippen LogP contribution in [0.2, 0.25) is 0 Å². The van der Waals surface area contributed by atoms with E-state index >= 15 is 0 Å². The largest absolute Gasteiger partial charge is 0.462 e. The summed E-state index contributed by atoms with van der Waals surface area (Å²) in [5.74, 6) is 0.544. The van der Waals surface area contributed by atoms with Crippen LogP contribution in [-0.4, -0.2) is 39.4 Å². The van der Waals surface area contributed by atoms with Gasteiger partial charge in [-0.05, 0) is 42.7 Å². The van der Waals surface area contributed by atoms with Gasteiger partial charge in [0.15, 0.2) is 0 Å². The summed E-state index contributed by atoms with van der Waals surface area (Å²) in [5, 5.41) is 4.46. The molecule has 1 saturated heterocycles. The Morgan fingerprint density at radius 2 is 1.96 bits per heavy atom. The maximum Gasteiger partial charge on any atom is 0.213 e. The Hall–Kier alpha value is -2.37. The highest BCUT2D eigenvalue weighted by atomic mass is 16.7. The number of piperidine rings is 1. The number of nitrogens with zero attached hydrogens (tertiary/aromatic N) is 3. The van der Waals surface area contributed by atoms with Crippen molar-refractivity contribution in [1.29, 1.82) is 0 Å². The first kappa shape index (κ1) is 16.6. The van der Waals surface area contributed by atoms with Crippen molar-refractivity contribution in [3.05, 3.63) is 54.4 Å². The van der Waals surface area contributed by atoms with Gasteiger partial charge in [-0.25, -0.2) is 4.52 Å². The predicted molar refractivity (Wildman–Crippen MR) is 107 cm³/mol. The molecule has 5 nitrogen and oxygen atoms in total. The molecule has 2 aliphatic heterocycles. The lowest BCUT2D eigenvalue weighted by Gasteiger charge is -2.47. The average Bonchev–Trinajstić information content (AvgIpc) is 3.12. The third kappa shape index (κ3) is 2.65. The minimum Gasteiger partial charge on any atom is -0.462 e. The quantitative estimate of drug-likeness (QED) is 0.671. The van der Waals surface area contributed by atoms with Gasteiger partial charge in [-0.2, -0.15) is 5.10 Å². The van der Waals surface area contributed by atoms with Gasteiger partial charge in [0.05, 0.1) is 18.3 Å². The summed E-state index contributed by atoms with van der Waals surface area (Å²) in [6.07, 6.45) is 9.94. The van der Waals surface area contributed by atoms with E-state index in [0.717, 1.165) is 59.9 Å². The second kappa shape index (κ2) is 6.33. The number of fused-ring (bicyclic) bond motifs is 2. The molecule has 1 saturated carbocycles. The van der Waals surface area contributed by atoms with Crippen LogP contribution in [0, 0.1) is 0 Å². The topological polar surface area (TPSA) is 39.0 Å². The Labute approximate surface area is 164 Å². The summed E-state index contributed by atoms with van der Waals surface area (Å²) in [4.78, 5) is 2.63. The van der Waals surface area contributed by atoms with Crippen LogP contribution < -0.4 is 4.74 Å². The molecule has 1 aliphatic carbocycles. The first-order valence-electron chi connectivity index (χ1n) is 10.4. The zero-order valence-corrected chi connectivity index (χ0v) is 16.0. The number of benzene rings is 1. The van der Waals surface area contributed by atoms with Crippen LogP contribution in [0.1, 0.15) is 37.7 Å². The lowest BCUT2D eigenvalue weighted by atomic mass is 9.89. The van der Waals surface area contributed by atoms with Gasteiger partial charge >= 0.3 is 0 Å². The molecule has 2 aromatic heterocycles. The Morgan fingerprint density at radius 1 is 1.07 bits per heavy atom. The van der Waals surface area contributed by atoms with Crippen LogP contribution in [0.3, 0.4) is 0 Å². The number of likely N-dealkylation sites (tertiary alicyclic amines) is 1. The van der Waals surface area contributed by atoms with E-state index in [2.05, 4.69) is 34.3 Å². The highest BCUT2D eigenvalue weighted by molar-refractivity contribution is 5.80. The van der Waals surface area contributed by atoms with E-state index in [1.807, 2.05) is 29.0 Å². The summed E-state index contributed by atoms with van der Waals surface area (Å²) in [7, 11) is 0. The van der Waals surface area contributed by atoms with E-state index in [9.17, 15) is 0 Å². The highest BCUT2D eigenvalue weighted by Gasteiger charge is 2.42. The van der Waals surface area contributed by atoms with Gasteiger partial charge in [0, 0.05) is 49.3 Å². The van der Waals surface area contributed by atoms with Gasteiger partial charge in [-0.1, -0.05) is 18.6 Å². The first-order valence-corrected chi connectivity index (χ1v) is 10.4. The summed E-state index contributed by atoms with van der Waals surface area (Å²) in [5.41, 5.74) is 4.53. The maximum atomic E-state index is 6.43. The van der Waals surface area contributed by atoms with E-state index < -0.39 is 5.79 Å². The fourth-order valence-electron chi connectivity index (χ4n) is 4.78. The summed E-state index contributed by atoms with van der Waals surface area (Å²) >= 11 is 0. The SMILES string of the molecule is c1ccn2ncc(-c3ccc4c(c3)COC3(CCN(C5CCC5)CC3)O4)c2c1. The van der Waals surface area contributed by atoms with E-state index in [1.54, 1.807) is 0 Å². The molecule has 3 aliphatic rings. The molecule has 144 valence electrons. The van der Waals surface area contributed by atoms with Crippen molar-refractivity contribution in [2.45, 2.75) is 50.5 Å². The van der Waals surface area contributed by atoms with E-state index in [0.29, 0.717) is 6.61 Å². The monoisotopic (exact) mass is 375 g/mol. The molecule has 0 bridgehead atoms. The van der Waals surface area contributed by atoms with Crippen molar-refractivity contribution in [3.8, 4) is 16.9 Å². The van der Waals surface area contributed by atoms with E-state index in [4.69, 9.17) is 9.47 Å². The highest BCUT2D eigenvalue weighted by Crippen LogP contribution is 2.40. The van der Waals surface area contributed by atoms with Gasteiger partial charge < -0.3 is 9.47 Å². The molecule has 28 heavy (non-hydrogen) atoms. The Morgan fingerprint density at radius 3 is 2.79 bits per heavy atom. The third-order valence-electron chi connectivity index (χ3n) is 6.74. The van der Waals surface area contributed by atoms with Gasteiger partial charge in [0.25, 0.3) is 0 Å². The standard InChI is InChI=1S/C23H25N3O2/c1-2-11-26-21(6-1)20(15-24-26)17-7-8-22-18(14-17)16-27-23(28-22)9-12-25(13-10-23)19-4-3-5-19/h1-2,6-8,11,14-15,19H,3-5,9-10,12-13,16H2. The van der Waals surface area contributed by atoms with Crippen molar-refractivity contribution in [2.24, 2.45) is 0 Å². The molecule has 0 N–H and O–H groups in total. The van der Waals surface area contributed by atoms with Gasteiger partial charge in [0.1, 0.15) is 5.75 Å². The third-order valence-corrected chi connectivity index (χ3v) is 6.74. The number of hydrogen-bond acceptors (Lipinski definition) is 4. The number of hydrogen-bond donors (Lipinski definition) is 0. The van der Waals surface area contributed by atoms with Crippen LogP contribution in [0.5, 0.6) is 5.75 Å². The molecule has 4 heterocycles. The average molecular weight is 375 g/mol. The number of ether oxygens (including phenoxy) is 2. The van der Waals surface area contributed by atoms with Gasteiger partial charge in [-0.3, -0.25) is 4.90 Å². The molecule has 0 atom stereocenters. The van der Waals surface area contributed by atoms with Gasteiger partial charge in [-0.15, -0.1) is 0 Å². The Kier molecular flexibility index (Phi) is 3.74. The maximum absolute atomic E-state index is 6.43. The predicted octanol–water partition coefficient (Wildman–Crippen LogP) is 4.25. The van der Waals surface area contributed by atoms with Crippen molar-refractivity contribution in [3.63, 3.8) is 0 Å². The summed E-state index contributed by atoms with van der Waals surface area (Å²) in [6.45, 7) is 2.78. The molecule has 0 radical (unpaired) electrons. The molecule has 0 amide bonds. The molecular formula is C23H25N3O2. The molecule has 6 rings (SSSR count). The summed E-state index contributed by atoms with van der Waals surface area (Å²) in [6, 6.07) is 13.4. The van der Waals surface area contributed by atoms with Gasteiger partial charge in [0.2, 0.25) is 5.79 Å². The van der Waals surface area contributed by atoms with Crippen molar-refractivity contribution < 1.29 is 9.47 Å². The summed E-state index contributed by atoms with van der Waals surface area (Å²) < 4.78 is 14.6. The molecule has 5 heteroatoms. The molecule has 3 aromatic rings. The van der Waals surface area contributed by atoms with Crippen LogP contribution in [0.25, 0.3) is 16.6 Å². The van der Waals surface area contributed by atoms with Crippen LogP contribution in [-0.2, 0) is 11.3 Å². The fourth-order valence-corrected chi connectivity index (χ4v) is 4.78. The second-order valence-electron chi connectivity index (χ2n) is 8.33. The molecule has 1 aromatic carbocycles. The Balaban J connectivity index is 1.24. The Bertz CT molecular complexity index is 1020. The van der Waals surface area contributed by atoms with Crippen LogP contribution in [0.15, 0.2) is 48.8 Å². The smallest absolute Gasteiger partial charge is 0.213 e. The van der Waals surface area contributed by atoms with Crippen LogP contribution in [0.4, 0.5) is 0 Å². The van der Waals surface area contributed by atoms with Crippen molar-refractivity contribution in [2.75, 3.05) is 13.1 Å². The minimum atomic E-state index is -0.431.